The van der Waals surface area contributed by atoms with Gasteiger partial charge in [-0.3, -0.25) is 9.69 Å². The van der Waals surface area contributed by atoms with Gasteiger partial charge in [0, 0.05) is 17.2 Å². The van der Waals surface area contributed by atoms with Crippen molar-refractivity contribution in [3.8, 4) is 0 Å². The van der Waals surface area contributed by atoms with Crippen LogP contribution in [-0.2, 0) is 4.79 Å². The molecule has 0 aromatic carbocycles. The summed E-state index contributed by atoms with van der Waals surface area (Å²) in [5.74, 6) is 1.27. The molecular formula is C14H21BrN4O. The van der Waals surface area contributed by atoms with Gasteiger partial charge in [-0.1, -0.05) is 0 Å². The van der Waals surface area contributed by atoms with E-state index in [2.05, 4.69) is 36.4 Å². The standard InChI is InChI=1S/C14H21BrN4O/c1-19(9-11-4-6-16-7-5-11)10-14(20)18-13-3-2-12(15)8-17-13/h2-3,8,11,16H,4-7,9-10H2,1H3,(H,17,18,20). The normalized spacial score (nSPS) is 16.4. The van der Waals surface area contributed by atoms with Crippen LogP contribution < -0.4 is 10.6 Å². The Labute approximate surface area is 128 Å². The molecule has 0 spiro atoms. The van der Waals surface area contributed by atoms with Gasteiger partial charge in [0.15, 0.2) is 0 Å². The number of likely N-dealkylation sites (N-methyl/N-ethyl adjacent to an activating group) is 1. The van der Waals surface area contributed by atoms with Crippen LogP contribution in [0.1, 0.15) is 12.8 Å². The molecule has 1 aliphatic heterocycles. The molecule has 6 heteroatoms. The third-order valence-corrected chi connectivity index (χ3v) is 3.91. The van der Waals surface area contributed by atoms with E-state index in [9.17, 15) is 4.79 Å². The Kier molecular flexibility index (Phi) is 5.94. The lowest BCUT2D eigenvalue weighted by Gasteiger charge is -2.27. The van der Waals surface area contributed by atoms with Crippen molar-refractivity contribution in [1.29, 1.82) is 0 Å². The molecule has 20 heavy (non-hydrogen) atoms. The largest absolute Gasteiger partial charge is 0.317 e. The fraction of sp³-hybridized carbons (Fsp3) is 0.571. The highest BCUT2D eigenvalue weighted by Crippen LogP contribution is 2.13. The van der Waals surface area contributed by atoms with Crippen molar-refractivity contribution in [2.75, 3.05) is 38.5 Å². The number of rotatable bonds is 5. The van der Waals surface area contributed by atoms with Crippen molar-refractivity contribution >= 4 is 27.7 Å². The molecule has 2 rings (SSSR count). The highest BCUT2D eigenvalue weighted by atomic mass is 79.9. The van der Waals surface area contributed by atoms with Crippen molar-refractivity contribution in [2.24, 2.45) is 5.92 Å². The number of anilines is 1. The second-order valence-corrected chi connectivity index (χ2v) is 6.22. The summed E-state index contributed by atoms with van der Waals surface area (Å²) in [5.41, 5.74) is 0. The van der Waals surface area contributed by atoms with E-state index in [1.165, 1.54) is 12.8 Å². The lowest BCUT2D eigenvalue weighted by atomic mass is 9.98. The summed E-state index contributed by atoms with van der Waals surface area (Å²) < 4.78 is 0.901. The first-order valence-corrected chi connectivity index (χ1v) is 7.73. The number of nitrogens with zero attached hydrogens (tertiary/aromatic N) is 2. The van der Waals surface area contributed by atoms with Gasteiger partial charge in [0.25, 0.3) is 0 Å². The van der Waals surface area contributed by atoms with Crippen LogP contribution in [0.5, 0.6) is 0 Å². The van der Waals surface area contributed by atoms with Crippen molar-refractivity contribution in [1.82, 2.24) is 15.2 Å². The fourth-order valence-electron chi connectivity index (χ4n) is 2.45. The number of aromatic nitrogens is 1. The van der Waals surface area contributed by atoms with E-state index in [0.29, 0.717) is 18.3 Å². The Morgan fingerprint density at radius 3 is 2.90 bits per heavy atom. The summed E-state index contributed by atoms with van der Waals surface area (Å²) in [7, 11) is 2.00. The van der Waals surface area contributed by atoms with Crippen LogP contribution >= 0.6 is 15.9 Å². The third-order valence-electron chi connectivity index (χ3n) is 3.44. The molecule has 0 atom stereocenters. The van der Waals surface area contributed by atoms with E-state index in [4.69, 9.17) is 0 Å². The van der Waals surface area contributed by atoms with Gasteiger partial charge in [-0.25, -0.2) is 4.98 Å². The minimum Gasteiger partial charge on any atom is -0.317 e. The zero-order valence-corrected chi connectivity index (χ0v) is 13.3. The van der Waals surface area contributed by atoms with Crippen LogP contribution in [0.15, 0.2) is 22.8 Å². The molecule has 5 nitrogen and oxygen atoms in total. The smallest absolute Gasteiger partial charge is 0.239 e. The molecule has 1 fully saturated rings. The Bertz CT molecular complexity index is 431. The summed E-state index contributed by atoms with van der Waals surface area (Å²) in [6.45, 7) is 3.56. The van der Waals surface area contributed by atoms with Crippen LogP contribution in [0.25, 0.3) is 0 Å². The van der Waals surface area contributed by atoms with Gasteiger partial charge >= 0.3 is 0 Å². The predicted molar refractivity (Wildman–Crippen MR) is 83.7 cm³/mol. The lowest BCUT2D eigenvalue weighted by Crippen LogP contribution is -2.37. The number of halogens is 1. The summed E-state index contributed by atoms with van der Waals surface area (Å²) in [6.07, 6.45) is 4.06. The van der Waals surface area contributed by atoms with Gasteiger partial charge in [0.1, 0.15) is 5.82 Å². The fourth-order valence-corrected chi connectivity index (χ4v) is 2.68. The maximum atomic E-state index is 11.9. The number of amides is 1. The minimum atomic E-state index is -0.0174. The quantitative estimate of drug-likeness (QED) is 0.856. The maximum absolute atomic E-state index is 11.9. The topological polar surface area (TPSA) is 57.3 Å². The zero-order chi connectivity index (χ0) is 14.4. The molecule has 0 unspecified atom stereocenters. The first kappa shape index (κ1) is 15.4. The highest BCUT2D eigenvalue weighted by molar-refractivity contribution is 9.10. The number of hydrogen-bond acceptors (Lipinski definition) is 4. The monoisotopic (exact) mass is 340 g/mol. The molecule has 2 heterocycles. The molecular weight excluding hydrogens is 320 g/mol. The molecule has 0 bridgehead atoms. The van der Waals surface area contributed by atoms with Crippen molar-refractivity contribution < 1.29 is 4.79 Å². The number of pyridine rings is 1. The number of carbonyl (C=O) groups is 1. The maximum Gasteiger partial charge on any atom is 0.239 e. The van der Waals surface area contributed by atoms with Crippen LogP contribution in [0.4, 0.5) is 5.82 Å². The third kappa shape index (κ3) is 5.19. The molecule has 1 aromatic heterocycles. The van der Waals surface area contributed by atoms with E-state index < -0.39 is 0 Å². The van der Waals surface area contributed by atoms with Gasteiger partial charge in [0.05, 0.1) is 6.54 Å². The molecule has 1 aromatic rings. The highest BCUT2D eigenvalue weighted by Gasteiger charge is 2.16. The first-order chi connectivity index (χ1) is 9.63. The minimum absolute atomic E-state index is 0.0174. The van der Waals surface area contributed by atoms with Crippen molar-refractivity contribution in [3.05, 3.63) is 22.8 Å². The Hall–Kier alpha value is -0.980. The van der Waals surface area contributed by atoms with Gasteiger partial charge < -0.3 is 10.6 Å². The van der Waals surface area contributed by atoms with Gasteiger partial charge in [-0.2, -0.15) is 0 Å². The Morgan fingerprint density at radius 1 is 1.50 bits per heavy atom. The van der Waals surface area contributed by atoms with E-state index in [1.807, 2.05) is 13.1 Å². The summed E-state index contributed by atoms with van der Waals surface area (Å²) in [4.78, 5) is 18.2. The van der Waals surface area contributed by atoms with E-state index in [0.717, 1.165) is 24.1 Å². The average molecular weight is 341 g/mol. The molecule has 0 radical (unpaired) electrons. The SMILES string of the molecule is CN(CC(=O)Nc1ccc(Br)cn1)CC1CCNCC1. The number of piperidine rings is 1. The van der Waals surface area contributed by atoms with Crippen molar-refractivity contribution in [2.45, 2.75) is 12.8 Å². The number of nitrogens with one attached hydrogen (secondary N) is 2. The molecule has 110 valence electrons. The summed E-state index contributed by atoms with van der Waals surface area (Å²) in [6, 6.07) is 3.65. The van der Waals surface area contributed by atoms with Crippen LogP contribution in [-0.4, -0.2) is 49.0 Å². The Balaban J connectivity index is 1.74. The second kappa shape index (κ2) is 7.71. The van der Waals surface area contributed by atoms with E-state index in [-0.39, 0.29) is 5.91 Å². The Morgan fingerprint density at radius 2 is 2.25 bits per heavy atom. The molecule has 2 N–H and O–H groups in total. The van der Waals surface area contributed by atoms with Gasteiger partial charge in [-0.05, 0) is 67.0 Å². The van der Waals surface area contributed by atoms with E-state index >= 15 is 0 Å². The molecule has 0 saturated carbocycles. The van der Waals surface area contributed by atoms with Crippen molar-refractivity contribution in [3.63, 3.8) is 0 Å². The summed E-state index contributed by atoms with van der Waals surface area (Å²) >= 11 is 3.32. The number of carbonyl (C=O) groups excluding carboxylic acids is 1. The summed E-state index contributed by atoms with van der Waals surface area (Å²) in [5, 5.41) is 6.17. The molecule has 1 aliphatic rings. The van der Waals surface area contributed by atoms with Crippen LogP contribution in [0, 0.1) is 5.92 Å². The number of hydrogen-bond donors (Lipinski definition) is 2. The molecule has 0 aliphatic carbocycles. The van der Waals surface area contributed by atoms with Gasteiger partial charge in [-0.15, -0.1) is 0 Å². The average Bonchev–Trinajstić information content (AvgIpc) is 2.42. The molecule has 1 saturated heterocycles. The predicted octanol–water partition coefficient (Wildman–Crippen LogP) is 1.71. The van der Waals surface area contributed by atoms with E-state index in [1.54, 1.807) is 12.3 Å². The van der Waals surface area contributed by atoms with Gasteiger partial charge in [0.2, 0.25) is 5.91 Å². The lowest BCUT2D eigenvalue weighted by molar-refractivity contribution is -0.117. The van der Waals surface area contributed by atoms with Crippen LogP contribution in [0.2, 0.25) is 0 Å². The second-order valence-electron chi connectivity index (χ2n) is 5.30. The van der Waals surface area contributed by atoms with Crippen LogP contribution in [0.3, 0.4) is 0 Å². The molecule has 1 amide bonds. The zero-order valence-electron chi connectivity index (χ0n) is 11.7. The first-order valence-electron chi connectivity index (χ1n) is 6.94.